The molecule has 1 atom stereocenters. The van der Waals surface area contributed by atoms with Gasteiger partial charge in [0.25, 0.3) is 5.91 Å². The van der Waals surface area contributed by atoms with Crippen LogP contribution in [0.15, 0.2) is 18.2 Å². The van der Waals surface area contributed by atoms with E-state index in [0.717, 1.165) is 0 Å². The molecule has 0 fully saturated rings. The second-order valence-corrected chi connectivity index (χ2v) is 4.30. The van der Waals surface area contributed by atoms with Gasteiger partial charge in [-0.1, -0.05) is 0 Å². The number of benzene rings is 1. The molecule has 0 radical (unpaired) electrons. The van der Waals surface area contributed by atoms with Crippen LogP contribution < -0.4 is 15.8 Å². The predicted octanol–water partition coefficient (Wildman–Crippen LogP) is 0.0906. The number of fused-ring (bicyclic) bond motifs is 1. The lowest BCUT2D eigenvalue weighted by molar-refractivity contribution is -0.140. The molecule has 0 saturated heterocycles. The molecule has 7 nitrogen and oxygen atoms in total. The van der Waals surface area contributed by atoms with E-state index in [9.17, 15) is 14.4 Å². The van der Waals surface area contributed by atoms with Crippen molar-refractivity contribution in [3.8, 4) is 5.75 Å². The van der Waals surface area contributed by atoms with Crippen molar-refractivity contribution in [3.63, 3.8) is 0 Å². The number of hydrogen-bond donors (Lipinski definition) is 2. The highest BCUT2D eigenvalue weighted by Crippen LogP contribution is 2.28. The molecular formula is C13H14N2O5. The minimum absolute atomic E-state index is 0.0534. The van der Waals surface area contributed by atoms with E-state index >= 15 is 0 Å². The summed E-state index contributed by atoms with van der Waals surface area (Å²) in [5.74, 6) is -0.762. The summed E-state index contributed by atoms with van der Waals surface area (Å²) >= 11 is 0. The molecule has 7 heteroatoms. The van der Waals surface area contributed by atoms with E-state index < -0.39 is 17.8 Å². The van der Waals surface area contributed by atoms with Crippen molar-refractivity contribution in [1.82, 2.24) is 0 Å². The van der Waals surface area contributed by atoms with Crippen LogP contribution in [-0.2, 0) is 14.3 Å². The molecule has 1 aromatic rings. The Morgan fingerprint density at radius 2 is 2.25 bits per heavy atom. The molecule has 1 aliphatic rings. The van der Waals surface area contributed by atoms with Gasteiger partial charge in [0, 0.05) is 5.56 Å². The van der Waals surface area contributed by atoms with Crippen LogP contribution in [0.2, 0.25) is 0 Å². The minimum atomic E-state index is -0.985. The number of ether oxygens (including phenoxy) is 2. The summed E-state index contributed by atoms with van der Waals surface area (Å²) in [6, 6.07) is 3.61. The van der Waals surface area contributed by atoms with Crippen molar-refractivity contribution >= 4 is 23.3 Å². The van der Waals surface area contributed by atoms with E-state index in [2.05, 4.69) is 10.1 Å². The van der Waals surface area contributed by atoms with Crippen molar-refractivity contribution < 1.29 is 23.9 Å². The van der Waals surface area contributed by atoms with Crippen molar-refractivity contribution in [3.05, 3.63) is 23.8 Å². The predicted molar refractivity (Wildman–Crippen MR) is 69.5 cm³/mol. The van der Waals surface area contributed by atoms with Gasteiger partial charge in [-0.15, -0.1) is 0 Å². The number of anilines is 1. The Morgan fingerprint density at radius 1 is 1.50 bits per heavy atom. The second-order valence-electron chi connectivity index (χ2n) is 4.30. The second kappa shape index (κ2) is 5.70. The summed E-state index contributed by atoms with van der Waals surface area (Å²) in [5, 5.41) is 2.60. The van der Waals surface area contributed by atoms with Crippen LogP contribution in [0.3, 0.4) is 0 Å². The van der Waals surface area contributed by atoms with E-state index in [1.807, 2.05) is 0 Å². The van der Waals surface area contributed by atoms with Gasteiger partial charge in [-0.25, -0.2) is 0 Å². The number of rotatable bonds is 4. The van der Waals surface area contributed by atoms with E-state index in [4.69, 9.17) is 10.5 Å². The SMILES string of the molecule is COC(=O)CC(N)C(=O)c1ccc2c(c1)NC(=O)CO2. The van der Waals surface area contributed by atoms with Gasteiger partial charge in [-0.2, -0.15) is 0 Å². The smallest absolute Gasteiger partial charge is 0.307 e. The van der Waals surface area contributed by atoms with Gasteiger partial charge in [-0.05, 0) is 18.2 Å². The van der Waals surface area contributed by atoms with Gasteiger partial charge >= 0.3 is 5.97 Å². The quantitative estimate of drug-likeness (QED) is 0.597. The van der Waals surface area contributed by atoms with Gasteiger partial charge in [0.2, 0.25) is 0 Å². The van der Waals surface area contributed by atoms with Crippen LogP contribution in [0.1, 0.15) is 16.8 Å². The Bertz CT molecular complexity index is 570. The zero-order valence-corrected chi connectivity index (χ0v) is 10.8. The average molecular weight is 278 g/mol. The van der Waals surface area contributed by atoms with Crippen LogP contribution in [0.25, 0.3) is 0 Å². The topological polar surface area (TPSA) is 108 Å². The first-order valence-electron chi connectivity index (χ1n) is 5.94. The number of methoxy groups -OCH3 is 1. The number of Topliss-reactive ketones (excluding diaryl/α,β-unsaturated/α-hetero) is 1. The summed E-state index contributed by atoms with van der Waals surface area (Å²) in [7, 11) is 1.23. The highest BCUT2D eigenvalue weighted by molar-refractivity contribution is 6.04. The fraction of sp³-hybridized carbons (Fsp3) is 0.308. The largest absolute Gasteiger partial charge is 0.482 e. The molecule has 1 aliphatic heterocycles. The van der Waals surface area contributed by atoms with Gasteiger partial charge in [0.15, 0.2) is 12.4 Å². The average Bonchev–Trinajstić information content (AvgIpc) is 2.45. The Kier molecular flexibility index (Phi) is 3.99. The number of esters is 1. The Hall–Kier alpha value is -2.41. The molecule has 1 unspecified atom stereocenters. The highest BCUT2D eigenvalue weighted by Gasteiger charge is 2.22. The number of nitrogens with one attached hydrogen (secondary N) is 1. The van der Waals surface area contributed by atoms with E-state index in [1.54, 1.807) is 6.07 Å². The maximum absolute atomic E-state index is 12.1. The molecule has 2 rings (SSSR count). The van der Waals surface area contributed by atoms with Crippen LogP contribution in [-0.4, -0.2) is 37.4 Å². The minimum Gasteiger partial charge on any atom is -0.482 e. The van der Waals surface area contributed by atoms with Gasteiger partial charge in [-0.3, -0.25) is 14.4 Å². The number of ketones is 1. The highest BCUT2D eigenvalue weighted by atomic mass is 16.5. The Balaban J connectivity index is 2.16. The molecule has 1 heterocycles. The lowest BCUT2D eigenvalue weighted by Crippen LogP contribution is -2.33. The number of carbonyl (C=O) groups is 3. The van der Waals surface area contributed by atoms with E-state index in [1.165, 1.54) is 19.2 Å². The van der Waals surface area contributed by atoms with Crippen molar-refractivity contribution in [2.75, 3.05) is 19.0 Å². The maximum atomic E-state index is 12.1. The van der Waals surface area contributed by atoms with E-state index in [-0.39, 0.29) is 18.9 Å². The third kappa shape index (κ3) is 2.94. The summed E-state index contributed by atoms with van der Waals surface area (Å²) in [6.07, 6.45) is -0.199. The molecular weight excluding hydrogens is 264 g/mol. The maximum Gasteiger partial charge on any atom is 0.307 e. The first kappa shape index (κ1) is 14.0. The summed E-state index contributed by atoms with van der Waals surface area (Å²) in [6.45, 7) is -0.0534. The lowest BCUT2D eigenvalue weighted by Gasteiger charge is -2.18. The molecule has 0 spiro atoms. The standard InChI is InChI=1S/C13H14N2O5/c1-19-12(17)5-8(14)13(18)7-2-3-10-9(4-7)15-11(16)6-20-10/h2-4,8H,5-6,14H2,1H3,(H,15,16). The number of nitrogens with two attached hydrogens (primary N) is 1. The zero-order valence-electron chi connectivity index (χ0n) is 10.8. The molecule has 1 aromatic carbocycles. The van der Waals surface area contributed by atoms with Gasteiger partial charge in [0.05, 0.1) is 25.3 Å². The van der Waals surface area contributed by atoms with Crippen molar-refractivity contribution in [1.29, 1.82) is 0 Å². The summed E-state index contributed by atoms with van der Waals surface area (Å²) in [4.78, 5) is 34.4. The third-order valence-electron chi connectivity index (χ3n) is 2.85. The number of hydrogen-bond acceptors (Lipinski definition) is 6. The lowest BCUT2D eigenvalue weighted by atomic mass is 10.0. The first-order valence-corrected chi connectivity index (χ1v) is 5.94. The third-order valence-corrected chi connectivity index (χ3v) is 2.85. The first-order chi connectivity index (χ1) is 9.51. The van der Waals surface area contributed by atoms with Gasteiger partial charge < -0.3 is 20.5 Å². The molecule has 1 amide bonds. The normalized spacial score (nSPS) is 14.6. The molecule has 106 valence electrons. The van der Waals surface area contributed by atoms with Crippen LogP contribution in [0.5, 0.6) is 5.75 Å². The summed E-state index contributed by atoms with van der Waals surface area (Å²) < 4.78 is 9.65. The van der Waals surface area contributed by atoms with Crippen molar-refractivity contribution in [2.45, 2.75) is 12.5 Å². The monoisotopic (exact) mass is 278 g/mol. The number of carbonyl (C=O) groups excluding carboxylic acids is 3. The van der Waals surface area contributed by atoms with Crippen LogP contribution in [0.4, 0.5) is 5.69 Å². The molecule has 3 N–H and O–H groups in total. The molecule has 0 saturated carbocycles. The molecule has 0 bridgehead atoms. The van der Waals surface area contributed by atoms with Crippen LogP contribution in [0, 0.1) is 0 Å². The molecule has 20 heavy (non-hydrogen) atoms. The Morgan fingerprint density at radius 3 is 2.95 bits per heavy atom. The summed E-state index contributed by atoms with van der Waals surface area (Å²) in [5.41, 5.74) is 6.37. The van der Waals surface area contributed by atoms with Crippen LogP contribution >= 0.6 is 0 Å². The fourth-order valence-corrected chi connectivity index (χ4v) is 1.81. The fourth-order valence-electron chi connectivity index (χ4n) is 1.81. The van der Waals surface area contributed by atoms with E-state index in [0.29, 0.717) is 17.0 Å². The Labute approximate surface area is 115 Å². The molecule has 0 aromatic heterocycles. The van der Waals surface area contributed by atoms with Gasteiger partial charge in [0.1, 0.15) is 5.75 Å². The van der Waals surface area contributed by atoms with Crippen molar-refractivity contribution in [2.24, 2.45) is 5.73 Å². The molecule has 0 aliphatic carbocycles. The number of amides is 1. The zero-order chi connectivity index (χ0) is 14.7.